The molecule has 0 radical (unpaired) electrons. The fraction of sp³-hybridized carbons (Fsp3) is 0.200. The summed E-state index contributed by atoms with van der Waals surface area (Å²) in [5.74, 6) is 0.0693. The van der Waals surface area contributed by atoms with Crippen molar-refractivity contribution < 1.29 is 4.79 Å². The SMILES string of the molecule is CC1(C)NC(=O)c2sc(-c3ccncc3)cc2C1c1ccc(Cl)cc1. The first kappa shape index (κ1) is 16.3. The molecule has 2 aromatic heterocycles. The van der Waals surface area contributed by atoms with Gasteiger partial charge >= 0.3 is 0 Å². The van der Waals surface area contributed by atoms with Gasteiger partial charge in [0.2, 0.25) is 0 Å². The van der Waals surface area contributed by atoms with E-state index in [1.54, 1.807) is 12.4 Å². The number of thiophene rings is 1. The summed E-state index contributed by atoms with van der Waals surface area (Å²) in [7, 11) is 0. The van der Waals surface area contributed by atoms with Crippen molar-refractivity contribution in [3.63, 3.8) is 0 Å². The number of carbonyl (C=O) groups excluding carboxylic acids is 1. The molecule has 1 aromatic carbocycles. The van der Waals surface area contributed by atoms with Crippen LogP contribution in [0.15, 0.2) is 54.9 Å². The van der Waals surface area contributed by atoms with Crippen molar-refractivity contribution in [2.45, 2.75) is 25.3 Å². The summed E-state index contributed by atoms with van der Waals surface area (Å²) in [4.78, 5) is 18.6. The van der Waals surface area contributed by atoms with Crippen molar-refractivity contribution in [2.75, 3.05) is 0 Å². The molecular formula is C20H17ClN2OS. The molecule has 1 amide bonds. The van der Waals surface area contributed by atoms with E-state index in [1.807, 2.05) is 36.4 Å². The Morgan fingerprint density at radius 3 is 2.48 bits per heavy atom. The number of rotatable bonds is 2. The van der Waals surface area contributed by atoms with E-state index in [1.165, 1.54) is 11.3 Å². The molecule has 3 aromatic rings. The van der Waals surface area contributed by atoms with Crippen LogP contribution in [-0.2, 0) is 0 Å². The van der Waals surface area contributed by atoms with E-state index in [0.717, 1.165) is 26.4 Å². The average Bonchev–Trinajstić information content (AvgIpc) is 3.02. The molecule has 0 aliphatic carbocycles. The summed E-state index contributed by atoms with van der Waals surface area (Å²) in [5, 5.41) is 3.88. The number of nitrogens with zero attached hydrogens (tertiary/aromatic N) is 1. The van der Waals surface area contributed by atoms with Crippen LogP contribution >= 0.6 is 22.9 Å². The van der Waals surface area contributed by atoms with Gasteiger partial charge in [0.15, 0.2) is 0 Å². The monoisotopic (exact) mass is 368 g/mol. The van der Waals surface area contributed by atoms with Crippen molar-refractivity contribution in [2.24, 2.45) is 0 Å². The molecule has 5 heteroatoms. The molecule has 1 N–H and O–H groups in total. The number of hydrogen-bond acceptors (Lipinski definition) is 3. The smallest absolute Gasteiger partial charge is 0.262 e. The third-order valence-corrected chi connectivity index (χ3v) is 6.05. The average molecular weight is 369 g/mol. The minimum atomic E-state index is -0.380. The highest BCUT2D eigenvalue weighted by atomic mass is 35.5. The van der Waals surface area contributed by atoms with Crippen molar-refractivity contribution >= 4 is 28.8 Å². The normalized spacial score (nSPS) is 18.5. The second-order valence-electron chi connectivity index (χ2n) is 6.79. The lowest BCUT2D eigenvalue weighted by Crippen LogP contribution is -2.51. The van der Waals surface area contributed by atoms with Crippen LogP contribution in [0.25, 0.3) is 10.4 Å². The number of pyridine rings is 1. The van der Waals surface area contributed by atoms with Crippen molar-refractivity contribution in [1.29, 1.82) is 0 Å². The third kappa shape index (κ3) is 2.86. The van der Waals surface area contributed by atoms with Gasteiger partial charge in [-0.3, -0.25) is 9.78 Å². The third-order valence-electron chi connectivity index (χ3n) is 4.60. The molecule has 1 aliphatic rings. The second kappa shape index (κ2) is 5.97. The van der Waals surface area contributed by atoms with E-state index in [0.29, 0.717) is 5.02 Å². The molecule has 0 saturated heterocycles. The summed E-state index contributed by atoms with van der Waals surface area (Å²) in [6, 6.07) is 14.0. The molecule has 0 saturated carbocycles. The van der Waals surface area contributed by atoms with Gasteiger partial charge in [0, 0.05) is 33.8 Å². The number of carbonyl (C=O) groups is 1. The summed E-state index contributed by atoms with van der Waals surface area (Å²) < 4.78 is 0. The summed E-state index contributed by atoms with van der Waals surface area (Å²) in [6.07, 6.45) is 3.55. The maximum atomic E-state index is 12.6. The van der Waals surface area contributed by atoms with E-state index in [-0.39, 0.29) is 17.4 Å². The van der Waals surface area contributed by atoms with E-state index < -0.39 is 0 Å². The van der Waals surface area contributed by atoms with Crippen LogP contribution in [0.1, 0.15) is 40.6 Å². The number of amides is 1. The molecule has 4 rings (SSSR count). The quantitative estimate of drug-likeness (QED) is 0.682. The first-order valence-electron chi connectivity index (χ1n) is 8.08. The standard InChI is InChI=1S/C20H17ClN2OS/c1-20(2)17(13-3-5-14(21)6-4-13)15-11-16(12-7-9-22-10-8-12)25-18(15)19(24)23-20/h3-11,17H,1-2H3,(H,23,24). The molecule has 3 heterocycles. The predicted molar refractivity (Wildman–Crippen MR) is 102 cm³/mol. The molecule has 1 atom stereocenters. The van der Waals surface area contributed by atoms with Gasteiger partial charge < -0.3 is 5.32 Å². The van der Waals surface area contributed by atoms with Crippen LogP contribution in [-0.4, -0.2) is 16.4 Å². The molecule has 25 heavy (non-hydrogen) atoms. The Kier molecular flexibility index (Phi) is 3.89. The number of halogens is 1. The van der Waals surface area contributed by atoms with Crippen LogP contribution < -0.4 is 5.32 Å². The maximum Gasteiger partial charge on any atom is 0.262 e. The van der Waals surface area contributed by atoms with E-state index >= 15 is 0 Å². The molecule has 1 aliphatic heterocycles. The fourth-order valence-electron chi connectivity index (χ4n) is 3.52. The van der Waals surface area contributed by atoms with Crippen LogP contribution in [0.2, 0.25) is 5.02 Å². The number of hydrogen-bond donors (Lipinski definition) is 1. The number of fused-ring (bicyclic) bond motifs is 1. The van der Waals surface area contributed by atoms with Gasteiger partial charge in [-0.05, 0) is 60.9 Å². The number of benzene rings is 1. The summed E-state index contributed by atoms with van der Waals surface area (Å²) in [6.45, 7) is 4.13. The molecule has 0 spiro atoms. The molecule has 126 valence electrons. The van der Waals surface area contributed by atoms with Gasteiger partial charge in [-0.2, -0.15) is 0 Å². The lowest BCUT2D eigenvalue weighted by atomic mass is 9.75. The molecule has 3 nitrogen and oxygen atoms in total. The Balaban J connectivity index is 1.88. The number of nitrogens with one attached hydrogen (secondary N) is 1. The van der Waals surface area contributed by atoms with Gasteiger partial charge in [-0.15, -0.1) is 11.3 Å². The Morgan fingerprint density at radius 2 is 1.80 bits per heavy atom. The molecular weight excluding hydrogens is 352 g/mol. The van der Waals surface area contributed by atoms with Crippen molar-refractivity contribution in [1.82, 2.24) is 10.3 Å². The Morgan fingerprint density at radius 1 is 1.12 bits per heavy atom. The first-order valence-corrected chi connectivity index (χ1v) is 9.27. The zero-order chi connectivity index (χ0) is 17.6. The minimum Gasteiger partial charge on any atom is -0.345 e. The maximum absolute atomic E-state index is 12.6. The van der Waals surface area contributed by atoms with E-state index in [9.17, 15) is 4.79 Å². The second-order valence-corrected chi connectivity index (χ2v) is 8.28. The Labute approximate surface area is 155 Å². The van der Waals surface area contributed by atoms with Gasteiger partial charge in [-0.25, -0.2) is 0 Å². The van der Waals surface area contributed by atoms with Crippen LogP contribution in [0.5, 0.6) is 0 Å². The lowest BCUT2D eigenvalue weighted by Gasteiger charge is -2.39. The molecule has 0 fully saturated rings. The van der Waals surface area contributed by atoms with Crippen LogP contribution in [0, 0.1) is 0 Å². The Hall–Kier alpha value is -2.17. The van der Waals surface area contributed by atoms with Gasteiger partial charge in [-0.1, -0.05) is 23.7 Å². The molecule has 1 unspecified atom stereocenters. The van der Waals surface area contributed by atoms with Gasteiger partial charge in [0.05, 0.1) is 4.88 Å². The predicted octanol–water partition coefficient (Wildman–Crippen LogP) is 5.12. The van der Waals surface area contributed by atoms with Crippen molar-refractivity contribution in [3.8, 4) is 10.4 Å². The van der Waals surface area contributed by atoms with Crippen LogP contribution in [0.3, 0.4) is 0 Å². The van der Waals surface area contributed by atoms with Crippen molar-refractivity contribution in [3.05, 3.63) is 75.9 Å². The number of aromatic nitrogens is 1. The fourth-order valence-corrected chi connectivity index (χ4v) is 4.74. The zero-order valence-corrected chi connectivity index (χ0v) is 15.5. The minimum absolute atomic E-state index is 0.00415. The lowest BCUT2D eigenvalue weighted by molar-refractivity contribution is 0.0891. The van der Waals surface area contributed by atoms with Gasteiger partial charge in [0.1, 0.15) is 0 Å². The van der Waals surface area contributed by atoms with E-state index in [4.69, 9.17) is 11.6 Å². The molecule has 0 bridgehead atoms. The Bertz CT molecular complexity index is 932. The largest absolute Gasteiger partial charge is 0.345 e. The highest BCUT2D eigenvalue weighted by Gasteiger charge is 2.41. The highest BCUT2D eigenvalue weighted by Crippen LogP contribution is 2.45. The topological polar surface area (TPSA) is 42.0 Å². The first-order chi connectivity index (χ1) is 12.0. The summed E-state index contributed by atoms with van der Waals surface area (Å²) in [5.41, 5.74) is 2.92. The zero-order valence-electron chi connectivity index (χ0n) is 13.9. The van der Waals surface area contributed by atoms with Gasteiger partial charge in [0.25, 0.3) is 5.91 Å². The van der Waals surface area contributed by atoms with E-state index in [2.05, 4.69) is 30.2 Å². The highest BCUT2D eigenvalue weighted by molar-refractivity contribution is 7.17. The van der Waals surface area contributed by atoms with Crippen LogP contribution in [0.4, 0.5) is 0 Å². The summed E-state index contributed by atoms with van der Waals surface area (Å²) >= 11 is 7.59.